The number of hydrogen-bond donors (Lipinski definition) is 1. The van der Waals surface area contributed by atoms with Gasteiger partial charge >= 0.3 is 0 Å². The van der Waals surface area contributed by atoms with Gasteiger partial charge in [0.15, 0.2) is 6.17 Å². The van der Waals surface area contributed by atoms with E-state index in [2.05, 4.69) is 10.3 Å². The van der Waals surface area contributed by atoms with Crippen molar-refractivity contribution in [1.82, 2.24) is 4.98 Å². The normalized spacial score (nSPS) is 15.7. The molecule has 0 unspecified atom stereocenters. The Morgan fingerprint density at radius 1 is 1.08 bits per heavy atom. The van der Waals surface area contributed by atoms with Crippen molar-refractivity contribution >= 4 is 17.3 Å². The highest BCUT2D eigenvalue weighted by Crippen LogP contribution is 2.38. The number of aromatic nitrogens is 1. The third-order valence-electron chi connectivity index (χ3n) is 4.49. The Hall–Kier alpha value is -3.34. The van der Waals surface area contributed by atoms with Crippen LogP contribution in [0.25, 0.3) is 0 Å². The first-order valence-corrected chi connectivity index (χ1v) is 8.44. The second-order valence-electron chi connectivity index (χ2n) is 6.20. The van der Waals surface area contributed by atoms with Crippen LogP contribution in [-0.4, -0.2) is 18.0 Å². The zero-order valence-electron chi connectivity index (χ0n) is 14.6. The van der Waals surface area contributed by atoms with Crippen LogP contribution in [0.4, 0.5) is 11.4 Å². The number of pyridine rings is 1. The maximum Gasteiger partial charge on any atom is 0.262 e. The van der Waals surface area contributed by atoms with Gasteiger partial charge in [0.05, 0.1) is 24.1 Å². The predicted octanol–water partition coefficient (Wildman–Crippen LogP) is 4.17. The highest BCUT2D eigenvalue weighted by Gasteiger charge is 2.39. The standard InChI is InChI=1S/C21H19N3O2/c1-14-10-11-18(26-2)17(13-14)23-20-19-16(9-6-12-22-19)21(25)24(20)15-7-4-3-5-8-15/h3-13,20,23H,1-2H3/t20-/m1/s1. The highest BCUT2D eigenvalue weighted by molar-refractivity contribution is 6.11. The summed E-state index contributed by atoms with van der Waals surface area (Å²) in [5.41, 5.74) is 4.07. The summed E-state index contributed by atoms with van der Waals surface area (Å²) >= 11 is 0. The molecule has 5 heteroatoms. The molecule has 2 heterocycles. The monoisotopic (exact) mass is 345 g/mol. The topological polar surface area (TPSA) is 54.5 Å². The van der Waals surface area contributed by atoms with Gasteiger partial charge in [0.25, 0.3) is 5.91 Å². The summed E-state index contributed by atoms with van der Waals surface area (Å²) in [6, 6.07) is 19.1. The zero-order valence-corrected chi connectivity index (χ0v) is 14.6. The van der Waals surface area contributed by atoms with E-state index < -0.39 is 6.17 Å². The number of para-hydroxylation sites is 1. The van der Waals surface area contributed by atoms with Gasteiger partial charge in [-0.05, 0) is 48.9 Å². The molecule has 0 radical (unpaired) electrons. The number of rotatable bonds is 4. The lowest BCUT2D eigenvalue weighted by molar-refractivity contribution is 0.0993. The number of carbonyl (C=O) groups is 1. The van der Waals surface area contributed by atoms with E-state index in [1.165, 1.54) is 0 Å². The summed E-state index contributed by atoms with van der Waals surface area (Å²) in [5.74, 6) is 0.656. The number of nitrogens with zero attached hydrogens (tertiary/aromatic N) is 2. The SMILES string of the molecule is COc1ccc(C)cc1N[C@H]1c2ncccc2C(=O)N1c1ccccc1. The van der Waals surface area contributed by atoms with Crippen molar-refractivity contribution in [2.75, 3.05) is 17.3 Å². The molecule has 0 spiro atoms. The van der Waals surface area contributed by atoms with Crippen LogP contribution in [0.15, 0.2) is 66.9 Å². The van der Waals surface area contributed by atoms with Crippen LogP contribution < -0.4 is 15.0 Å². The lowest BCUT2D eigenvalue weighted by Gasteiger charge is -2.27. The molecule has 1 aliphatic heterocycles. The zero-order chi connectivity index (χ0) is 18.1. The molecule has 1 amide bonds. The number of ether oxygens (including phenoxy) is 1. The number of aryl methyl sites for hydroxylation is 1. The van der Waals surface area contributed by atoms with Gasteiger partial charge in [0, 0.05) is 11.9 Å². The maximum atomic E-state index is 13.0. The molecule has 5 nitrogen and oxygen atoms in total. The molecule has 1 N–H and O–H groups in total. The van der Waals surface area contributed by atoms with E-state index in [4.69, 9.17) is 4.74 Å². The minimum atomic E-state index is -0.406. The molecule has 4 rings (SSSR count). The Morgan fingerprint density at radius 2 is 1.88 bits per heavy atom. The van der Waals surface area contributed by atoms with Crippen molar-refractivity contribution in [3.05, 3.63) is 83.7 Å². The maximum absolute atomic E-state index is 13.0. The lowest BCUT2D eigenvalue weighted by Crippen LogP contribution is -2.32. The number of fused-ring (bicyclic) bond motifs is 1. The second-order valence-corrected chi connectivity index (χ2v) is 6.20. The van der Waals surface area contributed by atoms with E-state index in [0.717, 1.165) is 22.7 Å². The number of nitrogens with one attached hydrogen (secondary N) is 1. The molecular weight excluding hydrogens is 326 g/mol. The van der Waals surface area contributed by atoms with Gasteiger partial charge in [0.1, 0.15) is 5.75 Å². The average Bonchev–Trinajstić information content (AvgIpc) is 2.95. The molecule has 1 aromatic heterocycles. The largest absolute Gasteiger partial charge is 0.495 e. The minimum Gasteiger partial charge on any atom is -0.495 e. The first-order valence-electron chi connectivity index (χ1n) is 8.44. The first-order chi connectivity index (χ1) is 12.7. The van der Waals surface area contributed by atoms with Crippen molar-refractivity contribution in [2.45, 2.75) is 13.1 Å². The first kappa shape index (κ1) is 16.1. The van der Waals surface area contributed by atoms with Gasteiger partial charge < -0.3 is 10.1 Å². The number of methoxy groups -OCH3 is 1. The van der Waals surface area contributed by atoms with Crippen molar-refractivity contribution in [3.63, 3.8) is 0 Å². The van der Waals surface area contributed by atoms with Gasteiger partial charge in [-0.2, -0.15) is 0 Å². The van der Waals surface area contributed by atoms with Crippen LogP contribution in [0, 0.1) is 6.92 Å². The summed E-state index contributed by atoms with van der Waals surface area (Å²) in [7, 11) is 1.64. The summed E-state index contributed by atoms with van der Waals surface area (Å²) in [5, 5.41) is 3.45. The van der Waals surface area contributed by atoms with Crippen LogP contribution in [0.5, 0.6) is 5.75 Å². The van der Waals surface area contributed by atoms with Crippen molar-refractivity contribution in [3.8, 4) is 5.75 Å². The van der Waals surface area contributed by atoms with Gasteiger partial charge in [-0.3, -0.25) is 14.7 Å². The van der Waals surface area contributed by atoms with E-state index in [1.54, 1.807) is 24.3 Å². The Kier molecular flexibility index (Phi) is 4.05. The fraction of sp³-hybridized carbons (Fsp3) is 0.143. The van der Waals surface area contributed by atoms with Crippen LogP contribution in [0.3, 0.4) is 0 Å². The van der Waals surface area contributed by atoms with Gasteiger partial charge in [-0.1, -0.05) is 24.3 Å². The Balaban J connectivity index is 1.81. The van der Waals surface area contributed by atoms with Crippen molar-refractivity contribution < 1.29 is 9.53 Å². The molecule has 130 valence electrons. The van der Waals surface area contributed by atoms with Crippen LogP contribution in [0.1, 0.15) is 27.8 Å². The summed E-state index contributed by atoms with van der Waals surface area (Å²) in [6.45, 7) is 2.02. The molecule has 2 aromatic carbocycles. The van der Waals surface area contributed by atoms with Crippen LogP contribution in [0.2, 0.25) is 0 Å². The van der Waals surface area contributed by atoms with E-state index in [-0.39, 0.29) is 5.91 Å². The molecule has 0 fully saturated rings. The fourth-order valence-electron chi connectivity index (χ4n) is 3.26. The van der Waals surface area contributed by atoms with Crippen molar-refractivity contribution in [1.29, 1.82) is 0 Å². The van der Waals surface area contributed by atoms with E-state index in [9.17, 15) is 4.79 Å². The number of carbonyl (C=O) groups excluding carboxylic acids is 1. The van der Waals surface area contributed by atoms with E-state index in [0.29, 0.717) is 11.3 Å². The lowest BCUT2D eigenvalue weighted by atomic mass is 10.1. The molecule has 1 atom stereocenters. The van der Waals surface area contributed by atoms with Crippen LogP contribution >= 0.6 is 0 Å². The number of amides is 1. The average molecular weight is 345 g/mol. The quantitative estimate of drug-likeness (QED) is 0.771. The molecule has 0 aliphatic carbocycles. The Labute approximate surface area is 152 Å². The third kappa shape index (κ3) is 2.67. The van der Waals surface area contributed by atoms with E-state index in [1.807, 2.05) is 61.5 Å². The summed E-state index contributed by atoms with van der Waals surface area (Å²) < 4.78 is 5.48. The van der Waals surface area contributed by atoms with Crippen LogP contribution in [-0.2, 0) is 0 Å². The number of benzene rings is 2. The van der Waals surface area contributed by atoms with Gasteiger partial charge in [-0.15, -0.1) is 0 Å². The smallest absolute Gasteiger partial charge is 0.262 e. The molecular formula is C21H19N3O2. The second kappa shape index (κ2) is 6.52. The predicted molar refractivity (Wildman–Crippen MR) is 102 cm³/mol. The van der Waals surface area contributed by atoms with Gasteiger partial charge in [0.2, 0.25) is 0 Å². The van der Waals surface area contributed by atoms with E-state index >= 15 is 0 Å². The molecule has 0 bridgehead atoms. The Morgan fingerprint density at radius 3 is 2.65 bits per heavy atom. The molecule has 3 aromatic rings. The van der Waals surface area contributed by atoms with Crippen molar-refractivity contribution in [2.24, 2.45) is 0 Å². The molecule has 1 aliphatic rings. The number of anilines is 2. The number of hydrogen-bond acceptors (Lipinski definition) is 4. The summed E-state index contributed by atoms with van der Waals surface area (Å²) in [6.07, 6.45) is 1.31. The molecule has 26 heavy (non-hydrogen) atoms. The molecule has 0 saturated heterocycles. The fourth-order valence-corrected chi connectivity index (χ4v) is 3.26. The highest BCUT2D eigenvalue weighted by atomic mass is 16.5. The van der Waals surface area contributed by atoms with Gasteiger partial charge in [-0.25, -0.2) is 0 Å². The Bertz CT molecular complexity index is 956. The minimum absolute atomic E-state index is 0.0663. The third-order valence-corrected chi connectivity index (χ3v) is 4.49. The molecule has 0 saturated carbocycles. The summed E-state index contributed by atoms with van der Waals surface area (Å²) in [4.78, 5) is 19.2.